The number of nitrogens with one attached hydrogen (secondary N) is 4. The van der Waals surface area contributed by atoms with Crippen molar-refractivity contribution < 1.29 is 39.2 Å². The molecule has 8 N–H and O–H groups in total. The number of carbonyl (C=O) groups is 2. The van der Waals surface area contributed by atoms with Crippen molar-refractivity contribution in [3.63, 3.8) is 0 Å². The van der Waals surface area contributed by atoms with Crippen molar-refractivity contribution in [1.82, 2.24) is 30.6 Å². The van der Waals surface area contributed by atoms with Crippen LogP contribution < -0.4 is 16.0 Å². The second-order valence-electron chi connectivity index (χ2n) is 10.3. The number of aromatic amines is 1. The van der Waals surface area contributed by atoms with E-state index in [-0.39, 0.29) is 24.1 Å². The first-order valence-corrected chi connectivity index (χ1v) is 14.1. The number of aliphatic hydroxyl groups is 4. The summed E-state index contributed by atoms with van der Waals surface area (Å²) < 4.78 is 10.8. The Kier molecular flexibility index (Phi) is 11.4. The van der Waals surface area contributed by atoms with E-state index >= 15 is 0 Å². The number of anilines is 1. The van der Waals surface area contributed by atoms with Crippen LogP contribution in [0.15, 0.2) is 35.7 Å². The number of carbonyl (C=O) groups excluding carboxylic acids is 2. The molecule has 1 saturated heterocycles. The molecule has 43 heavy (non-hydrogen) atoms. The summed E-state index contributed by atoms with van der Waals surface area (Å²) in [5.74, 6) is 5.63. The maximum Gasteiger partial charge on any atom is 0.239 e. The Morgan fingerprint density at radius 1 is 1.14 bits per heavy atom. The molecule has 2 unspecified atom stereocenters. The zero-order valence-electron chi connectivity index (χ0n) is 23.6. The lowest BCUT2D eigenvalue weighted by Crippen LogP contribution is -2.68. The molecule has 1 aliphatic heterocycles. The van der Waals surface area contributed by atoms with E-state index in [1.807, 2.05) is 13.0 Å². The predicted molar refractivity (Wildman–Crippen MR) is 152 cm³/mol. The second-order valence-corrected chi connectivity index (χ2v) is 10.3. The average molecular weight is 600 g/mol. The van der Waals surface area contributed by atoms with Crippen LogP contribution in [0.25, 0.3) is 11.2 Å². The maximum absolute atomic E-state index is 12.6. The van der Waals surface area contributed by atoms with E-state index in [1.54, 1.807) is 12.5 Å². The summed E-state index contributed by atoms with van der Waals surface area (Å²) in [6.07, 6.45) is 1.88. The van der Waals surface area contributed by atoms with Gasteiger partial charge in [-0.05, 0) is 25.8 Å². The van der Waals surface area contributed by atoms with Crippen LogP contribution in [0.4, 0.5) is 5.82 Å². The van der Waals surface area contributed by atoms with Crippen LogP contribution in [0.1, 0.15) is 50.5 Å². The van der Waals surface area contributed by atoms with E-state index in [2.05, 4.69) is 47.7 Å². The van der Waals surface area contributed by atoms with Crippen molar-refractivity contribution in [2.24, 2.45) is 0 Å². The molecule has 4 rings (SSSR count). The monoisotopic (exact) mass is 599 g/mol. The highest BCUT2D eigenvalue weighted by Gasteiger charge is 2.48. The molecule has 0 saturated carbocycles. The van der Waals surface area contributed by atoms with Crippen LogP contribution in [-0.2, 0) is 14.3 Å². The van der Waals surface area contributed by atoms with Crippen molar-refractivity contribution >= 4 is 28.8 Å². The van der Waals surface area contributed by atoms with Crippen LogP contribution >= 0.6 is 0 Å². The zero-order chi connectivity index (χ0) is 30.8. The largest absolute Gasteiger partial charge is 0.472 e. The van der Waals surface area contributed by atoms with Crippen molar-refractivity contribution in [2.45, 2.75) is 81.6 Å². The van der Waals surface area contributed by atoms with Crippen molar-refractivity contribution in [3.05, 3.63) is 36.8 Å². The van der Waals surface area contributed by atoms with Gasteiger partial charge < -0.3 is 50.5 Å². The number of unbranched alkanes of at least 4 members (excludes halogenated alkanes) is 3. The molecular formula is C28H37N7O8. The molecule has 0 aliphatic carbocycles. The Hall–Kier alpha value is -4.07. The number of furan rings is 1. The molecule has 3 aromatic heterocycles. The fourth-order valence-electron chi connectivity index (χ4n) is 4.66. The number of aliphatic hydroxyl groups excluding tert-OH is 4. The molecule has 232 valence electrons. The first-order valence-electron chi connectivity index (χ1n) is 14.1. The highest BCUT2D eigenvalue weighted by molar-refractivity contribution is 5.85. The van der Waals surface area contributed by atoms with Gasteiger partial charge in [0.2, 0.25) is 11.8 Å². The molecular weight excluding hydrogens is 562 g/mol. The van der Waals surface area contributed by atoms with Crippen molar-refractivity contribution in [1.29, 1.82) is 0 Å². The van der Waals surface area contributed by atoms with Gasteiger partial charge in [-0.2, -0.15) is 0 Å². The minimum atomic E-state index is -1.61. The molecule has 0 aromatic carbocycles. The van der Waals surface area contributed by atoms with Crippen LogP contribution in [0, 0.1) is 11.8 Å². The highest BCUT2D eigenvalue weighted by Crippen LogP contribution is 2.26. The highest BCUT2D eigenvalue weighted by atomic mass is 16.5. The van der Waals surface area contributed by atoms with Crippen molar-refractivity contribution in [3.8, 4) is 11.8 Å². The Labute approximate surface area is 247 Å². The van der Waals surface area contributed by atoms with E-state index in [0.717, 1.165) is 18.4 Å². The number of hydrogen-bond acceptors (Lipinski definition) is 12. The van der Waals surface area contributed by atoms with Gasteiger partial charge in [-0.25, -0.2) is 15.0 Å². The van der Waals surface area contributed by atoms with Crippen LogP contribution in [0.5, 0.6) is 0 Å². The molecule has 15 nitrogen and oxygen atoms in total. The fourth-order valence-corrected chi connectivity index (χ4v) is 4.66. The SMILES string of the molecule is CC(C#CCCCCCC(=O)NCC(=O)N[C@@H]1[C@@H](O)[C@@H](O)[C@@H](Nc2ncnc3nc[nH]c23)O[C@H]1C(O)CO)c1ccoc1. The first-order chi connectivity index (χ1) is 20.8. The number of amides is 2. The standard InChI is InChI=1S/C28H37N7O8/c1-16(17-9-10-42-13-17)7-5-3-2-4-6-8-19(38)29-11-20(39)34-21-23(40)24(41)28(43-25(21)18(37)12-36)35-27-22-26(31-14-30-22)32-15-33-27/h9-10,13-16,18,21,23-25,28,36-37,40-41H,2-4,6,8,11-12H2,1H3,(H,29,38)(H,34,39)(H2,30,31,32,33,35)/t16?,18?,21-,23-,24-,25+,28+/m1/s1. The summed E-state index contributed by atoms with van der Waals surface area (Å²) >= 11 is 0. The van der Waals surface area contributed by atoms with E-state index in [1.165, 1.54) is 12.7 Å². The number of hydrogen-bond donors (Lipinski definition) is 8. The van der Waals surface area contributed by atoms with Gasteiger partial charge >= 0.3 is 0 Å². The van der Waals surface area contributed by atoms with Gasteiger partial charge in [-0.1, -0.05) is 12.3 Å². The molecule has 0 radical (unpaired) electrons. The molecule has 7 atom stereocenters. The summed E-state index contributed by atoms with van der Waals surface area (Å²) in [5, 5.41) is 49.4. The Balaban J connectivity index is 1.21. The summed E-state index contributed by atoms with van der Waals surface area (Å²) in [4.78, 5) is 39.8. The molecule has 2 amide bonds. The van der Waals surface area contributed by atoms with Gasteiger partial charge in [-0.3, -0.25) is 9.59 Å². The van der Waals surface area contributed by atoms with Crippen molar-refractivity contribution in [2.75, 3.05) is 18.5 Å². The fraction of sp³-hybridized carbons (Fsp3) is 0.536. The van der Waals surface area contributed by atoms with Gasteiger partial charge in [0.1, 0.15) is 36.3 Å². The lowest BCUT2D eigenvalue weighted by molar-refractivity contribution is -0.204. The number of imidazole rings is 1. The molecule has 1 fully saturated rings. The Morgan fingerprint density at radius 2 is 1.98 bits per heavy atom. The van der Waals surface area contributed by atoms with E-state index in [9.17, 15) is 30.0 Å². The third-order valence-electron chi connectivity index (χ3n) is 7.10. The number of aromatic nitrogens is 4. The van der Waals surface area contributed by atoms with Gasteiger partial charge in [0.15, 0.2) is 17.7 Å². The molecule has 0 bridgehead atoms. The lowest BCUT2D eigenvalue weighted by atomic mass is 9.92. The molecule has 1 aliphatic rings. The molecule has 0 spiro atoms. The number of H-pyrrole nitrogens is 1. The Bertz CT molecular complexity index is 1390. The molecule has 15 heteroatoms. The lowest BCUT2D eigenvalue weighted by Gasteiger charge is -2.44. The van der Waals surface area contributed by atoms with Crippen LogP contribution in [0.3, 0.4) is 0 Å². The van der Waals surface area contributed by atoms with Crippen LogP contribution in [0.2, 0.25) is 0 Å². The number of fused-ring (bicyclic) bond motifs is 1. The van der Waals surface area contributed by atoms with Gasteiger partial charge in [0.25, 0.3) is 0 Å². The molecule has 3 aromatic rings. The minimum absolute atomic E-state index is 0.0958. The van der Waals surface area contributed by atoms with Gasteiger partial charge in [0, 0.05) is 24.3 Å². The normalized spacial score (nSPS) is 23.1. The third kappa shape index (κ3) is 8.49. The van der Waals surface area contributed by atoms with E-state index < -0.39 is 55.7 Å². The topological polar surface area (TPSA) is 228 Å². The number of ether oxygens (including phenoxy) is 1. The Morgan fingerprint density at radius 3 is 2.74 bits per heavy atom. The quantitative estimate of drug-likeness (QED) is 0.0920. The van der Waals surface area contributed by atoms with E-state index in [0.29, 0.717) is 24.0 Å². The smallest absolute Gasteiger partial charge is 0.239 e. The number of nitrogens with zero attached hydrogens (tertiary/aromatic N) is 3. The maximum atomic E-state index is 12.6. The first kappa shape index (κ1) is 31.9. The predicted octanol–water partition coefficient (Wildman–Crippen LogP) is -0.484. The zero-order valence-corrected chi connectivity index (χ0v) is 23.6. The molecule has 4 heterocycles. The minimum Gasteiger partial charge on any atom is -0.472 e. The third-order valence-corrected chi connectivity index (χ3v) is 7.10. The van der Waals surface area contributed by atoms with Crippen LogP contribution in [-0.4, -0.2) is 102 Å². The number of rotatable bonds is 13. The summed E-state index contributed by atoms with van der Waals surface area (Å²) in [7, 11) is 0. The average Bonchev–Trinajstić information content (AvgIpc) is 3.72. The summed E-state index contributed by atoms with van der Waals surface area (Å²) in [6.45, 7) is 0.875. The second kappa shape index (κ2) is 15.4. The summed E-state index contributed by atoms with van der Waals surface area (Å²) in [6, 6.07) is 0.590. The van der Waals surface area contributed by atoms with Gasteiger partial charge in [-0.15, -0.1) is 5.92 Å². The van der Waals surface area contributed by atoms with E-state index in [4.69, 9.17) is 9.15 Å². The van der Waals surface area contributed by atoms with Gasteiger partial charge in [0.05, 0.1) is 38.0 Å². The summed E-state index contributed by atoms with van der Waals surface area (Å²) in [5.41, 5.74) is 1.80.